The molecule has 3 rings (SSSR count). The number of aromatic nitrogens is 1. The third-order valence-electron chi connectivity index (χ3n) is 5.47. The molecule has 1 saturated carbocycles. The van der Waals surface area contributed by atoms with E-state index in [-0.39, 0.29) is 6.04 Å². The summed E-state index contributed by atoms with van der Waals surface area (Å²) in [6.07, 6.45) is 4.42. The molecule has 11 heteroatoms. The lowest BCUT2D eigenvalue weighted by atomic mass is 9.73. The zero-order valence-corrected chi connectivity index (χ0v) is 18.3. The van der Waals surface area contributed by atoms with Gasteiger partial charge in [0.25, 0.3) is 0 Å². The van der Waals surface area contributed by atoms with Crippen LogP contribution in [-0.4, -0.2) is 47.4 Å². The minimum absolute atomic E-state index is 0.189. The highest BCUT2D eigenvalue weighted by molar-refractivity contribution is 9.10. The van der Waals surface area contributed by atoms with E-state index >= 15 is 0 Å². The molecule has 1 aromatic heterocycles. The van der Waals surface area contributed by atoms with E-state index in [1.165, 1.54) is 7.11 Å². The molecule has 2 aliphatic rings. The maximum absolute atomic E-state index is 12.0. The first-order valence-electron chi connectivity index (χ1n) is 9.61. The molecule has 30 heavy (non-hydrogen) atoms. The van der Waals surface area contributed by atoms with Crippen molar-refractivity contribution in [3.05, 3.63) is 22.3 Å². The lowest BCUT2D eigenvalue weighted by molar-refractivity contribution is -0.137. The molecule has 2 heterocycles. The Kier molecular flexibility index (Phi) is 6.59. The van der Waals surface area contributed by atoms with Gasteiger partial charge >= 0.3 is 17.9 Å². The van der Waals surface area contributed by atoms with Crippen molar-refractivity contribution < 1.29 is 23.9 Å². The number of carbonyl (C=O) groups is 3. The number of hydrazone groups is 1. The summed E-state index contributed by atoms with van der Waals surface area (Å²) in [6.45, 7) is 1.84. The van der Waals surface area contributed by atoms with E-state index < -0.39 is 23.5 Å². The fourth-order valence-electron chi connectivity index (χ4n) is 4.04. The van der Waals surface area contributed by atoms with Crippen molar-refractivity contribution in [2.45, 2.75) is 50.7 Å². The van der Waals surface area contributed by atoms with Crippen molar-refractivity contribution in [2.24, 2.45) is 16.8 Å². The number of pyridine rings is 1. The van der Waals surface area contributed by atoms with Gasteiger partial charge in [0, 0.05) is 28.3 Å². The molecule has 1 aliphatic heterocycles. The Morgan fingerprint density at radius 3 is 2.80 bits per heavy atom. The number of amides is 3. The van der Waals surface area contributed by atoms with Gasteiger partial charge in [-0.3, -0.25) is 9.59 Å². The second-order valence-corrected chi connectivity index (χ2v) is 8.43. The van der Waals surface area contributed by atoms with Crippen LogP contribution >= 0.6 is 15.9 Å². The highest BCUT2D eigenvalue weighted by Gasteiger charge is 2.47. The summed E-state index contributed by atoms with van der Waals surface area (Å²) < 4.78 is 11.7. The number of hydrogen-bond acceptors (Lipinski definition) is 7. The summed E-state index contributed by atoms with van der Waals surface area (Å²) in [6, 6.07) is 1.56. The van der Waals surface area contributed by atoms with E-state index in [9.17, 15) is 14.4 Å². The van der Waals surface area contributed by atoms with Gasteiger partial charge in [-0.2, -0.15) is 5.10 Å². The smallest absolute Gasteiger partial charge is 0.428 e. The first kappa shape index (κ1) is 22.0. The van der Waals surface area contributed by atoms with Crippen LogP contribution in [0.1, 0.15) is 44.6 Å². The number of carbonyl (C=O) groups excluding carboxylic acids is 3. The summed E-state index contributed by atoms with van der Waals surface area (Å²) in [5.74, 6) is -1.06. The summed E-state index contributed by atoms with van der Waals surface area (Å²) >= 11 is 3.49. The summed E-state index contributed by atoms with van der Waals surface area (Å²) in [7, 11) is 1.53. The van der Waals surface area contributed by atoms with Crippen molar-refractivity contribution >= 4 is 39.5 Å². The molecule has 0 radical (unpaired) electrons. The first-order valence-corrected chi connectivity index (χ1v) is 10.4. The Morgan fingerprint density at radius 1 is 1.47 bits per heavy atom. The van der Waals surface area contributed by atoms with E-state index in [0.29, 0.717) is 41.2 Å². The quantitative estimate of drug-likeness (QED) is 0.544. The molecule has 0 aromatic carbocycles. The molecule has 1 aliphatic carbocycles. The van der Waals surface area contributed by atoms with E-state index in [1.54, 1.807) is 12.3 Å². The van der Waals surface area contributed by atoms with Crippen LogP contribution in [0.25, 0.3) is 0 Å². The molecular weight excluding hydrogens is 458 g/mol. The van der Waals surface area contributed by atoms with Crippen molar-refractivity contribution in [3.8, 4) is 5.88 Å². The predicted octanol–water partition coefficient (Wildman–Crippen LogP) is 1.61. The molecule has 162 valence electrons. The maximum Gasteiger partial charge on any atom is 0.428 e. The van der Waals surface area contributed by atoms with E-state index in [1.807, 2.05) is 6.92 Å². The van der Waals surface area contributed by atoms with Gasteiger partial charge in [-0.15, -0.1) is 0 Å². The molecule has 0 bridgehead atoms. The topological polar surface area (TPSA) is 145 Å². The zero-order valence-electron chi connectivity index (χ0n) is 16.7. The Balaban J connectivity index is 1.75. The summed E-state index contributed by atoms with van der Waals surface area (Å²) in [5, 5.41) is 6.91. The predicted molar refractivity (Wildman–Crippen MR) is 111 cm³/mol. The number of methoxy groups -OCH3 is 1. The minimum atomic E-state index is -0.995. The lowest BCUT2D eigenvalue weighted by Crippen LogP contribution is -2.52. The van der Waals surface area contributed by atoms with Gasteiger partial charge in [-0.05, 0) is 60.9 Å². The molecule has 3 amide bonds. The molecule has 1 fully saturated rings. The summed E-state index contributed by atoms with van der Waals surface area (Å²) in [5.41, 5.74) is 7.89. The molecule has 1 aromatic rings. The maximum atomic E-state index is 12.0. The van der Waals surface area contributed by atoms with E-state index in [2.05, 4.69) is 36.8 Å². The number of halogens is 1. The third kappa shape index (κ3) is 4.72. The fourth-order valence-corrected chi connectivity index (χ4v) is 4.45. The molecule has 4 N–H and O–H groups in total. The van der Waals surface area contributed by atoms with Crippen LogP contribution in [-0.2, 0) is 14.3 Å². The standard InChI is InChI=1S/C19H24BrN5O5/c1-10(23-17(27)16(21)26)7-11-3-5-19(6-4-11)15(24-25-18(28)30-19)12-8-14(29-2)22-9-13(12)20/h8-11H,3-7H2,1-2H3,(H2,21,26)(H,23,27)(H,25,28)/t10-,11?,19?/m0/s1. The van der Waals surface area contributed by atoms with Crippen molar-refractivity contribution in [1.82, 2.24) is 15.7 Å². The van der Waals surface area contributed by atoms with Crippen molar-refractivity contribution in [2.75, 3.05) is 7.11 Å². The monoisotopic (exact) mass is 481 g/mol. The second kappa shape index (κ2) is 8.99. The first-order chi connectivity index (χ1) is 14.2. The van der Waals surface area contributed by atoms with Crippen LogP contribution in [0.5, 0.6) is 5.88 Å². The zero-order chi connectivity index (χ0) is 21.9. The third-order valence-corrected chi connectivity index (χ3v) is 6.11. The largest absolute Gasteiger partial charge is 0.481 e. The van der Waals surface area contributed by atoms with E-state index in [0.717, 1.165) is 18.4 Å². The number of hydrogen-bond donors (Lipinski definition) is 3. The van der Waals surface area contributed by atoms with Crippen LogP contribution in [0.15, 0.2) is 21.8 Å². The number of nitrogens with zero attached hydrogens (tertiary/aromatic N) is 2. The Hall–Kier alpha value is -2.69. The SMILES string of the molecule is COc1cc(C2=NNC(=O)OC23CCC(C[C@H](C)NC(=O)C(N)=O)CC3)c(Br)cn1. The Morgan fingerprint density at radius 2 is 2.17 bits per heavy atom. The highest BCUT2D eigenvalue weighted by Crippen LogP contribution is 2.41. The Labute approximate surface area is 182 Å². The molecule has 10 nitrogen and oxygen atoms in total. The molecule has 0 unspecified atom stereocenters. The second-order valence-electron chi connectivity index (χ2n) is 7.58. The number of ether oxygens (including phenoxy) is 2. The van der Waals surface area contributed by atoms with Crippen LogP contribution in [0.2, 0.25) is 0 Å². The molecule has 1 spiro atoms. The van der Waals surface area contributed by atoms with Crippen LogP contribution < -0.4 is 21.2 Å². The number of nitrogens with two attached hydrogens (primary N) is 1. The van der Waals surface area contributed by atoms with Crippen LogP contribution in [0.3, 0.4) is 0 Å². The van der Waals surface area contributed by atoms with Gasteiger partial charge in [0.1, 0.15) is 5.71 Å². The van der Waals surface area contributed by atoms with Crippen molar-refractivity contribution in [3.63, 3.8) is 0 Å². The van der Waals surface area contributed by atoms with Gasteiger partial charge in [-0.1, -0.05) is 0 Å². The highest BCUT2D eigenvalue weighted by atomic mass is 79.9. The van der Waals surface area contributed by atoms with Gasteiger partial charge in [0.2, 0.25) is 5.88 Å². The Bertz CT molecular complexity index is 882. The average molecular weight is 482 g/mol. The van der Waals surface area contributed by atoms with Gasteiger partial charge in [0.05, 0.1) is 7.11 Å². The van der Waals surface area contributed by atoms with Gasteiger partial charge in [0.15, 0.2) is 5.60 Å². The van der Waals surface area contributed by atoms with Gasteiger partial charge in [-0.25, -0.2) is 15.2 Å². The van der Waals surface area contributed by atoms with Gasteiger partial charge < -0.3 is 20.5 Å². The summed E-state index contributed by atoms with van der Waals surface area (Å²) in [4.78, 5) is 38.5. The lowest BCUT2D eigenvalue weighted by Gasteiger charge is -2.42. The molecule has 1 atom stereocenters. The molecule has 0 saturated heterocycles. The van der Waals surface area contributed by atoms with Crippen molar-refractivity contribution in [1.29, 1.82) is 0 Å². The minimum Gasteiger partial charge on any atom is -0.481 e. The van der Waals surface area contributed by atoms with E-state index in [4.69, 9.17) is 15.2 Å². The number of primary amides is 1. The number of nitrogens with one attached hydrogen (secondary N) is 2. The average Bonchev–Trinajstić information content (AvgIpc) is 2.70. The molecular formula is C19H24BrN5O5. The normalized spacial score (nSPS) is 24.3. The van der Waals surface area contributed by atoms with Crippen LogP contribution in [0, 0.1) is 5.92 Å². The number of rotatable bonds is 5. The van der Waals surface area contributed by atoms with Crippen LogP contribution in [0.4, 0.5) is 4.79 Å². The fraction of sp³-hybridized carbons (Fsp3) is 0.526.